The Morgan fingerprint density at radius 1 is 1.29 bits per heavy atom. The largest absolute Gasteiger partial charge is 0.497 e. The highest BCUT2D eigenvalue weighted by atomic mass is 16.5. The van der Waals surface area contributed by atoms with Gasteiger partial charge in [-0.15, -0.1) is 0 Å². The van der Waals surface area contributed by atoms with Crippen LogP contribution in [0.15, 0.2) is 24.3 Å². The summed E-state index contributed by atoms with van der Waals surface area (Å²) in [6.45, 7) is 8.73. The molecule has 1 aliphatic rings. The van der Waals surface area contributed by atoms with Crippen molar-refractivity contribution in [3.63, 3.8) is 0 Å². The highest BCUT2D eigenvalue weighted by Crippen LogP contribution is 2.35. The Hall–Kier alpha value is -1.06. The minimum Gasteiger partial charge on any atom is -0.497 e. The van der Waals surface area contributed by atoms with Crippen LogP contribution >= 0.6 is 0 Å². The molecule has 1 aromatic rings. The van der Waals surface area contributed by atoms with E-state index in [2.05, 4.69) is 37.8 Å². The topological polar surface area (TPSA) is 38.5 Å². The second-order valence-electron chi connectivity index (χ2n) is 7.00. The lowest BCUT2D eigenvalue weighted by Gasteiger charge is -2.42. The lowest BCUT2D eigenvalue weighted by atomic mass is 9.89. The van der Waals surface area contributed by atoms with Crippen molar-refractivity contribution < 1.29 is 4.74 Å². The van der Waals surface area contributed by atoms with Gasteiger partial charge < -0.3 is 10.5 Å². The van der Waals surface area contributed by atoms with Gasteiger partial charge in [0, 0.05) is 24.7 Å². The van der Waals surface area contributed by atoms with E-state index in [0.717, 1.165) is 24.8 Å². The van der Waals surface area contributed by atoms with Crippen LogP contribution in [0.5, 0.6) is 5.75 Å². The summed E-state index contributed by atoms with van der Waals surface area (Å²) in [5.41, 5.74) is 7.56. The van der Waals surface area contributed by atoms with Crippen molar-refractivity contribution in [2.75, 3.05) is 20.2 Å². The third kappa shape index (κ3) is 4.21. The molecule has 2 rings (SSSR count). The number of methoxy groups -OCH3 is 1. The zero-order valence-corrected chi connectivity index (χ0v) is 13.9. The number of nitrogens with two attached hydrogens (primary N) is 1. The maximum Gasteiger partial charge on any atom is 0.118 e. The Morgan fingerprint density at radius 3 is 2.33 bits per heavy atom. The molecule has 2 N–H and O–H groups in total. The predicted octanol–water partition coefficient (Wildman–Crippen LogP) is 3.08. The Kier molecular flexibility index (Phi) is 5.28. The average molecular weight is 290 g/mol. The van der Waals surface area contributed by atoms with Gasteiger partial charge in [0.15, 0.2) is 0 Å². The number of rotatable bonds is 8. The molecule has 0 aromatic heterocycles. The minimum absolute atomic E-state index is 0.0417. The molecule has 1 saturated carbocycles. The Bertz CT molecular complexity index is 439. The van der Waals surface area contributed by atoms with Crippen molar-refractivity contribution in [1.29, 1.82) is 0 Å². The number of hydrogen-bond donors (Lipinski definition) is 1. The van der Waals surface area contributed by atoms with Gasteiger partial charge in [-0.2, -0.15) is 0 Å². The summed E-state index contributed by atoms with van der Waals surface area (Å²) in [5, 5.41) is 0. The molecule has 0 saturated heterocycles. The monoisotopic (exact) mass is 290 g/mol. The molecule has 1 aliphatic carbocycles. The molecule has 1 fully saturated rings. The van der Waals surface area contributed by atoms with E-state index in [9.17, 15) is 0 Å². The van der Waals surface area contributed by atoms with Crippen molar-refractivity contribution in [3.8, 4) is 5.75 Å². The third-order valence-electron chi connectivity index (χ3n) is 4.43. The van der Waals surface area contributed by atoms with E-state index < -0.39 is 0 Å². The fraction of sp³-hybridized carbons (Fsp3) is 0.667. The summed E-state index contributed by atoms with van der Waals surface area (Å²) in [6.07, 6.45) is 3.65. The number of nitrogens with zero attached hydrogens (tertiary/aromatic N) is 1. The van der Waals surface area contributed by atoms with E-state index in [0.29, 0.717) is 12.5 Å². The number of benzene rings is 1. The first-order valence-corrected chi connectivity index (χ1v) is 8.08. The molecular weight excluding hydrogens is 260 g/mol. The molecule has 3 heteroatoms. The molecule has 0 heterocycles. The van der Waals surface area contributed by atoms with Crippen LogP contribution < -0.4 is 10.5 Å². The van der Waals surface area contributed by atoms with Crippen LogP contribution in [0.4, 0.5) is 0 Å². The van der Waals surface area contributed by atoms with E-state index in [1.807, 2.05) is 12.1 Å². The van der Waals surface area contributed by atoms with Crippen LogP contribution in [0.3, 0.4) is 0 Å². The maximum atomic E-state index is 6.19. The molecule has 118 valence electrons. The van der Waals surface area contributed by atoms with Gasteiger partial charge in [-0.05, 0) is 49.8 Å². The molecule has 0 aliphatic heterocycles. The SMILES string of the molecule is COc1ccc(CC(C)(CN)N(CC(C)C)C2CC2)cc1. The first-order chi connectivity index (χ1) is 9.98. The van der Waals surface area contributed by atoms with E-state index in [-0.39, 0.29) is 5.54 Å². The zero-order chi connectivity index (χ0) is 15.5. The Labute approximate surface area is 129 Å². The summed E-state index contributed by atoms with van der Waals surface area (Å²) in [5.74, 6) is 1.58. The Balaban J connectivity index is 2.13. The van der Waals surface area contributed by atoms with Crippen LogP contribution in [0.25, 0.3) is 0 Å². The van der Waals surface area contributed by atoms with Gasteiger partial charge in [0.05, 0.1) is 7.11 Å². The van der Waals surface area contributed by atoms with Gasteiger partial charge >= 0.3 is 0 Å². The van der Waals surface area contributed by atoms with Crippen LogP contribution in [0.2, 0.25) is 0 Å². The van der Waals surface area contributed by atoms with E-state index in [1.54, 1.807) is 7.11 Å². The number of hydrogen-bond acceptors (Lipinski definition) is 3. The zero-order valence-electron chi connectivity index (χ0n) is 13.9. The van der Waals surface area contributed by atoms with Crippen LogP contribution in [-0.4, -0.2) is 36.7 Å². The quantitative estimate of drug-likeness (QED) is 0.799. The fourth-order valence-electron chi connectivity index (χ4n) is 3.06. The van der Waals surface area contributed by atoms with Crippen molar-refractivity contribution >= 4 is 0 Å². The standard InChI is InChI=1S/C18H30N2O/c1-14(2)12-20(16-7-8-16)18(3,13-19)11-15-5-9-17(21-4)10-6-15/h5-6,9-10,14,16H,7-8,11-13,19H2,1-4H3. The van der Waals surface area contributed by atoms with Gasteiger partial charge in [-0.3, -0.25) is 4.90 Å². The molecule has 1 aromatic carbocycles. The van der Waals surface area contributed by atoms with Gasteiger partial charge in [0.2, 0.25) is 0 Å². The fourth-order valence-corrected chi connectivity index (χ4v) is 3.06. The van der Waals surface area contributed by atoms with E-state index >= 15 is 0 Å². The highest BCUT2D eigenvalue weighted by Gasteiger charge is 2.40. The van der Waals surface area contributed by atoms with E-state index in [1.165, 1.54) is 18.4 Å². The van der Waals surface area contributed by atoms with Gasteiger partial charge in [0.25, 0.3) is 0 Å². The van der Waals surface area contributed by atoms with Crippen molar-refractivity contribution in [3.05, 3.63) is 29.8 Å². The molecule has 21 heavy (non-hydrogen) atoms. The lowest BCUT2D eigenvalue weighted by Crippen LogP contribution is -2.55. The van der Waals surface area contributed by atoms with E-state index in [4.69, 9.17) is 10.5 Å². The molecule has 1 atom stereocenters. The summed E-state index contributed by atoms with van der Waals surface area (Å²) in [6, 6.07) is 9.13. The van der Waals surface area contributed by atoms with Gasteiger partial charge in [-0.25, -0.2) is 0 Å². The van der Waals surface area contributed by atoms with Gasteiger partial charge in [0.1, 0.15) is 5.75 Å². The molecule has 1 unspecified atom stereocenters. The molecule has 3 nitrogen and oxygen atoms in total. The first kappa shape index (κ1) is 16.3. The molecule has 0 bridgehead atoms. The van der Waals surface area contributed by atoms with Crippen LogP contribution in [0, 0.1) is 5.92 Å². The van der Waals surface area contributed by atoms with Crippen molar-refractivity contribution in [2.24, 2.45) is 11.7 Å². The highest BCUT2D eigenvalue weighted by molar-refractivity contribution is 5.28. The minimum atomic E-state index is 0.0417. The summed E-state index contributed by atoms with van der Waals surface area (Å²) in [7, 11) is 1.70. The normalized spacial score (nSPS) is 18.0. The summed E-state index contributed by atoms with van der Waals surface area (Å²) >= 11 is 0. The average Bonchev–Trinajstić information content (AvgIpc) is 3.29. The smallest absolute Gasteiger partial charge is 0.118 e. The predicted molar refractivity (Wildman–Crippen MR) is 88.7 cm³/mol. The molecule has 0 amide bonds. The number of ether oxygens (including phenoxy) is 1. The summed E-state index contributed by atoms with van der Waals surface area (Å²) < 4.78 is 5.24. The molecule has 0 spiro atoms. The van der Waals surface area contributed by atoms with Crippen molar-refractivity contribution in [2.45, 2.75) is 51.6 Å². The van der Waals surface area contributed by atoms with Crippen LogP contribution in [-0.2, 0) is 6.42 Å². The van der Waals surface area contributed by atoms with Crippen molar-refractivity contribution in [1.82, 2.24) is 4.90 Å². The maximum absolute atomic E-state index is 6.19. The molecule has 0 radical (unpaired) electrons. The second kappa shape index (κ2) is 6.80. The lowest BCUT2D eigenvalue weighted by molar-refractivity contribution is 0.0863. The second-order valence-corrected chi connectivity index (χ2v) is 7.00. The Morgan fingerprint density at radius 2 is 1.90 bits per heavy atom. The van der Waals surface area contributed by atoms with Gasteiger partial charge in [-0.1, -0.05) is 26.0 Å². The van der Waals surface area contributed by atoms with Crippen LogP contribution in [0.1, 0.15) is 39.2 Å². The molecular formula is C18H30N2O. The third-order valence-corrected chi connectivity index (χ3v) is 4.43. The summed E-state index contributed by atoms with van der Waals surface area (Å²) in [4.78, 5) is 2.65. The first-order valence-electron chi connectivity index (χ1n) is 8.08.